The van der Waals surface area contributed by atoms with Gasteiger partial charge < -0.3 is 0 Å². The third-order valence-electron chi connectivity index (χ3n) is 4.60. The molecule has 0 aliphatic heterocycles. The van der Waals surface area contributed by atoms with Crippen LogP contribution >= 0.6 is 0 Å². The van der Waals surface area contributed by atoms with Crippen LogP contribution in [0.15, 0.2) is 79.0 Å². The summed E-state index contributed by atoms with van der Waals surface area (Å²) in [7, 11) is 0. The standard InChI is InChI=1S/C23H19N/c1-16-8-7-11-20(21-12-5-6-15-24-21)23(16)22-17(2)13-14-18-9-3-4-10-19(18)22/h3-15H,1-2H3. The molecule has 0 bridgehead atoms. The van der Waals surface area contributed by atoms with E-state index >= 15 is 0 Å². The molecular weight excluding hydrogens is 290 g/mol. The van der Waals surface area contributed by atoms with E-state index in [2.05, 4.69) is 79.5 Å². The third-order valence-corrected chi connectivity index (χ3v) is 4.60. The lowest BCUT2D eigenvalue weighted by atomic mass is 9.87. The molecule has 0 fully saturated rings. The van der Waals surface area contributed by atoms with Crippen LogP contribution in [-0.2, 0) is 0 Å². The first-order chi connectivity index (χ1) is 11.8. The molecule has 0 saturated carbocycles. The van der Waals surface area contributed by atoms with Gasteiger partial charge in [0.15, 0.2) is 0 Å². The minimum Gasteiger partial charge on any atom is -0.256 e. The maximum atomic E-state index is 4.59. The number of hydrogen-bond donors (Lipinski definition) is 0. The summed E-state index contributed by atoms with van der Waals surface area (Å²) in [6.45, 7) is 4.37. The third kappa shape index (κ3) is 2.39. The highest BCUT2D eigenvalue weighted by Crippen LogP contribution is 2.39. The van der Waals surface area contributed by atoms with Gasteiger partial charge in [0.25, 0.3) is 0 Å². The number of aryl methyl sites for hydroxylation is 2. The Hall–Kier alpha value is -2.93. The molecule has 0 amide bonds. The summed E-state index contributed by atoms with van der Waals surface area (Å²) in [5, 5.41) is 2.57. The van der Waals surface area contributed by atoms with Crippen molar-refractivity contribution in [3.05, 3.63) is 90.1 Å². The molecule has 0 spiro atoms. The second-order valence-corrected chi connectivity index (χ2v) is 6.19. The Morgan fingerprint density at radius 2 is 1.42 bits per heavy atom. The number of aromatic nitrogens is 1. The minimum absolute atomic E-state index is 1.02. The number of rotatable bonds is 2. The SMILES string of the molecule is Cc1cccc(-c2ccccn2)c1-c1c(C)ccc2ccccc12. The fraction of sp³-hybridized carbons (Fsp3) is 0.0870. The number of pyridine rings is 1. The molecule has 4 aromatic rings. The predicted octanol–water partition coefficient (Wildman–Crippen LogP) is 6.19. The zero-order valence-electron chi connectivity index (χ0n) is 14.0. The van der Waals surface area contributed by atoms with E-state index in [1.54, 1.807) is 0 Å². The number of nitrogens with zero attached hydrogens (tertiary/aromatic N) is 1. The molecule has 1 heteroatoms. The summed E-state index contributed by atoms with van der Waals surface area (Å²) in [6.07, 6.45) is 1.86. The number of fused-ring (bicyclic) bond motifs is 1. The van der Waals surface area contributed by atoms with Crippen molar-refractivity contribution in [1.29, 1.82) is 0 Å². The molecule has 1 aromatic heterocycles. The van der Waals surface area contributed by atoms with Crippen LogP contribution in [0.2, 0.25) is 0 Å². The van der Waals surface area contributed by atoms with E-state index in [1.165, 1.54) is 38.6 Å². The van der Waals surface area contributed by atoms with E-state index in [9.17, 15) is 0 Å². The monoisotopic (exact) mass is 309 g/mol. The second-order valence-electron chi connectivity index (χ2n) is 6.19. The summed E-state index contributed by atoms with van der Waals surface area (Å²) in [5.74, 6) is 0. The lowest BCUT2D eigenvalue weighted by Crippen LogP contribution is -1.94. The summed E-state index contributed by atoms with van der Waals surface area (Å²) < 4.78 is 0. The normalized spacial score (nSPS) is 10.9. The van der Waals surface area contributed by atoms with Crippen molar-refractivity contribution in [1.82, 2.24) is 4.98 Å². The fourth-order valence-corrected chi connectivity index (χ4v) is 3.45. The van der Waals surface area contributed by atoms with Crippen LogP contribution in [0.25, 0.3) is 33.2 Å². The van der Waals surface area contributed by atoms with Gasteiger partial charge in [-0.3, -0.25) is 4.98 Å². The van der Waals surface area contributed by atoms with Crippen LogP contribution in [0, 0.1) is 13.8 Å². The first kappa shape index (κ1) is 14.6. The van der Waals surface area contributed by atoms with E-state index in [-0.39, 0.29) is 0 Å². The molecule has 1 heterocycles. The zero-order chi connectivity index (χ0) is 16.5. The van der Waals surface area contributed by atoms with Crippen LogP contribution in [0.3, 0.4) is 0 Å². The van der Waals surface area contributed by atoms with Crippen LogP contribution < -0.4 is 0 Å². The lowest BCUT2D eigenvalue weighted by Gasteiger charge is -2.17. The summed E-state index contributed by atoms with van der Waals surface area (Å²) in [6, 6.07) is 25.6. The molecular formula is C23H19N. The van der Waals surface area contributed by atoms with Crippen molar-refractivity contribution in [3.63, 3.8) is 0 Å². The zero-order valence-corrected chi connectivity index (χ0v) is 14.0. The molecule has 3 aromatic carbocycles. The van der Waals surface area contributed by atoms with Crippen molar-refractivity contribution >= 4 is 10.8 Å². The number of hydrogen-bond acceptors (Lipinski definition) is 1. The van der Waals surface area contributed by atoms with Gasteiger partial charge >= 0.3 is 0 Å². The highest BCUT2D eigenvalue weighted by Gasteiger charge is 2.15. The van der Waals surface area contributed by atoms with Gasteiger partial charge in [-0.1, -0.05) is 60.7 Å². The second kappa shape index (κ2) is 5.93. The molecule has 0 atom stereocenters. The Balaban J connectivity index is 2.11. The minimum atomic E-state index is 1.02. The van der Waals surface area contributed by atoms with Gasteiger partial charge in [-0.15, -0.1) is 0 Å². The highest BCUT2D eigenvalue weighted by atomic mass is 14.7. The molecule has 0 saturated heterocycles. The predicted molar refractivity (Wildman–Crippen MR) is 102 cm³/mol. The molecule has 116 valence electrons. The molecule has 0 unspecified atom stereocenters. The van der Waals surface area contributed by atoms with Crippen LogP contribution in [0.1, 0.15) is 11.1 Å². The molecule has 24 heavy (non-hydrogen) atoms. The Morgan fingerprint density at radius 1 is 0.625 bits per heavy atom. The van der Waals surface area contributed by atoms with Crippen LogP contribution in [0.4, 0.5) is 0 Å². The van der Waals surface area contributed by atoms with Crippen molar-refractivity contribution < 1.29 is 0 Å². The van der Waals surface area contributed by atoms with Gasteiger partial charge in [-0.25, -0.2) is 0 Å². The largest absolute Gasteiger partial charge is 0.256 e. The van der Waals surface area contributed by atoms with Gasteiger partial charge in [0.2, 0.25) is 0 Å². The fourth-order valence-electron chi connectivity index (χ4n) is 3.45. The van der Waals surface area contributed by atoms with E-state index < -0.39 is 0 Å². The molecule has 4 rings (SSSR count). The average molecular weight is 309 g/mol. The quantitative estimate of drug-likeness (QED) is 0.430. The van der Waals surface area contributed by atoms with Crippen LogP contribution in [-0.4, -0.2) is 4.98 Å². The average Bonchev–Trinajstić information content (AvgIpc) is 2.63. The van der Waals surface area contributed by atoms with E-state index in [4.69, 9.17) is 0 Å². The van der Waals surface area contributed by atoms with Crippen molar-refractivity contribution in [3.8, 4) is 22.4 Å². The highest BCUT2D eigenvalue weighted by molar-refractivity contribution is 6.02. The lowest BCUT2D eigenvalue weighted by molar-refractivity contribution is 1.32. The molecule has 0 aliphatic carbocycles. The number of benzene rings is 3. The van der Waals surface area contributed by atoms with Gasteiger partial charge in [-0.05, 0) is 59.0 Å². The first-order valence-corrected chi connectivity index (χ1v) is 8.25. The summed E-state index contributed by atoms with van der Waals surface area (Å²) >= 11 is 0. The Bertz CT molecular complexity index is 1020. The molecule has 0 N–H and O–H groups in total. The van der Waals surface area contributed by atoms with Gasteiger partial charge in [-0.2, -0.15) is 0 Å². The molecule has 1 nitrogen and oxygen atoms in total. The smallest absolute Gasteiger partial charge is 0.0708 e. The Morgan fingerprint density at radius 3 is 2.25 bits per heavy atom. The van der Waals surface area contributed by atoms with Crippen LogP contribution in [0.5, 0.6) is 0 Å². The first-order valence-electron chi connectivity index (χ1n) is 8.25. The maximum absolute atomic E-state index is 4.59. The summed E-state index contributed by atoms with van der Waals surface area (Å²) in [4.78, 5) is 4.59. The van der Waals surface area contributed by atoms with Gasteiger partial charge in [0.05, 0.1) is 5.69 Å². The Kier molecular flexibility index (Phi) is 3.62. The maximum Gasteiger partial charge on any atom is 0.0708 e. The topological polar surface area (TPSA) is 12.9 Å². The van der Waals surface area contributed by atoms with Gasteiger partial charge in [0, 0.05) is 11.8 Å². The van der Waals surface area contributed by atoms with Crippen molar-refractivity contribution in [2.75, 3.05) is 0 Å². The Labute approximate surface area is 142 Å². The van der Waals surface area contributed by atoms with Gasteiger partial charge in [0.1, 0.15) is 0 Å². The van der Waals surface area contributed by atoms with E-state index in [1.807, 2.05) is 18.3 Å². The summed E-state index contributed by atoms with van der Waals surface area (Å²) in [5.41, 5.74) is 7.37. The van der Waals surface area contributed by atoms with Crippen molar-refractivity contribution in [2.24, 2.45) is 0 Å². The van der Waals surface area contributed by atoms with E-state index in [0.29, 0.717) is 0 Å². The molecule has 0 aliphatic rings. The van der Waals surface area contributed by atoms with E-state index in [0.717, 1.165) is 5.69 Å². The molecule has 0 radical (unpaired) electrons. The van der Waals surface area contributed by atoms with Crippen molar-refractivity contribution in [2.45, 2.75) is 13.8 Å².